The van der Waals surface area contributed by atoms with E-state index in [1.807, 2.05) is 60.7 Å². The maximum atomic E-state index is 13.7. The van der Waals surface area contributed by atoms with Crippen LogP contribution in [0.2, 0.25) is 0 Å². The quantitative estimate of drug-likeness (QED) is 0.0289. The lowest BCUT2D eigenvalue weighted by Gasteiger charge is -2.30. The van der Waals surface area contributed by atoms with Gasteiger partial charge in [-0.25, -0.2) is 27.2 Å². The predicted octanol–water partition coefficient (Wildman–Crippen LogP) is 12.1. The van der Waals surface area contributed by atoms with Gasteiger partial charge in [0.1, 0.15) is 43.5 Å². The molecule has 1 heterocycles. The molecular weight excluding hydrogens is 1250 g/mol. The van der Waals surface area contributed by atoms with Crippen molar-refractivity contribution in [3.05, 3.63) is 71.8 Å². The van der Waals surface area contributed by atoms with Crippen LogP contribution in [0.1, 0.15) is 108 Å². The molecule has 0 saturated carbocycles. The summed E-state index contributed by atoms with van der Waals surface area (Å²) < 4.78 is 170. The summed E-state index contributed by atoms with van der Waals surface area (Å²) in [6.45, 7) is 3.35. The fourth-order valence-electron chi connectivity index (χ4n) is 6.27. The molecule has 2 aromatic rings. The number of carbonyl (C=O) groups excluding carboxylic acids is 7. The van der Waals surface area contributed by atoms with Gasteiger partial charge in [-0.3, -0.25) is 24.0 Å². The minimum Gasteiger partial charge on any atom is -0.466 e. The molecule has 1 fully saturated rings. The number of esters is 5. The molecule has 0 radical (unpaired) electrons. The number of aliphatic hydroxyl groups is 1. The van der Waals surface area contributed by atoms with E-state index in [1.165, 1.54) is 6.92 Å². The van der Waals surface area contributed by atoms with Crippen LogP contribution < -0.4 is 0 Å². The van der Waals surface area contributed by atoms with Gasteiger partial charge < -0.3 is 47.7 Å². The Morgan fingerprint density at radius 1 is 0.531 bits per heavy atom. The standard InChI is InChI=1S/C27H34BrF5O9.C21H26BrF5O5.C4H6O3/c1-18(34)38-11-8-12-39-23(37)42-16-25(4,22(36)41-17-26(29,30)14-27(31,32)33)15-40-21(35)24(2,3)13-20(28)19-9-6-5-7-10-19;1-18(2,9-15(22)14-7-5-4-6-8-14)16(29)31-12-19(3,11-28)17(30)32-13-20(23,24)10-21(25,26)27;5-4-6-2-1-3-7-4/h5-7,9-10,20H,8,11-17H2,1-4H3;4-8,15,28H,9-13H2,1-3H3;1-3H2. The zero-order valence-corrected chi connectivity index (χ0v) is 48.4. The number of hydrogen-bond acceptors (Lipinski definition) is 17. The Kier molecular flexibility index (Phi) is 30.0. The molecule has 0 spiro atoms. The van der Waals surface area contributed by atoms with Gasteiger partial charge in [0, 0.05) is 29.4 Å². The van der Waals surface area contributed by atoms with E-state index >= 15 is 0 Å². The normalized spacial score (nSPS) is 15.3. The molecule has 1 saturated heterocycles. The SMILES string of the molecule is CC(=O)OCCCOC(=O)OCC(C)(COC(=O)C(C)(C)CC(Br)c1ccccc1)C(=O)OCC(F)(F)CC(F)(F)F.CC(C)(CC(Br)c1ccccc1)C(=O)OCC(C)(CO)C(=O)OCC(F)(F)CC(F)(F)F.O=C1OCCCO1. The third-order valence-corrected chi connectivity index (χ3v) is 12.7. The molecule has 0 aromatic heterocycles. The van der Waals surface area contributed by atoms with Crippen LogP contribution in [0.3, 0.4) is 0 Å². The van der Waals surface area contributed by atoms with E-state index in [2.05, 4.69) is 55.5 Å². The summed E-state index contributed by atoms with van der Waals surface area (Å²) in [6.07, 6.45) is -15.7. The molecule has 29 heteroatoms. The molecule has 3 rings (SSSR count). The van der Waals surface area contributed by atoms with Crippen LogP contribution in [0.5, 0.6) is 0 Å². The van der Waals surface area contributed by atoms with E-state index in [4.69, 9.17) is 18.9 Å². The highest BCUT2D eigenvalue weighted by atomic mass is 79.9. The van der Waals surface area contributed by atoms with Gasteiger partial charge in [0.2, 0.25) is 0 Å². The third kappa shape index (κ3) is 30.4. The van der Waals surface area contributed by atoms with Crippen LogP contribution >= 0.6 is 31.9 Å². The lowest BCUT2D eigenvalue weighted by atomic mass is 9.86. The van der Waals surface area contributed by atoms with E-state index in [1.54, 1.807) is 27.7 Å². The molecular formula is C52H66Br2F10O17. The molecule has 81 heavy (non-hydrogen) atoms. The smallest absolute Gasteiger partial charge is 0.466 e. The van der Waals surface area contributed by atoms with Crippen molar-refractivity contribution in [3.8, 4) is 0 Å². The largest absolute Gasteiger partial charge is 0.508 e. The minimum atomic E-state index is -5.23. The first-order valence-electron chi connectivity index (χ1n) is 24.5. The highest BCUT2D eigenvalue weighted by molar-refractivity contribution is 9.09. The summed E-state index contributed by atoms with van der Waals surface area (Å²) >= 11 is 7.02. The highest BCUT2D eigenvalue weighted by Crippen LogP contribution is 2.40. The Morgan fingerprint density at radius 3 is 1.25 bits per heavy atom. The van der Waals surface area contributed by atoms with E-state index in [-0.39, 0.29) is 35.7 Å². The summed E-state index contributed by atoms with van der Waals surface area (Å²) in [5, 5.41) is 9.51. The fourth-order valence-corrected chi connectivity index (χ4v) is 8.50. The first-order chi connectivity index (χ1) is 37.2. The Morgan fingerprint density at radius 2 is 0.889 bits per heavy atom. The summed E-state index contributed by atoms with van der Waals surface area (Å²) in [4.78, 5) is 82.7. The molecule has 17 nitrogen and oxygen atoms in total. The van der Waals surface area contributed by atoms with E-state index in [0.29, 0.717) is 19.6 Å². The van der Waals surface area contributed by atoms with Gasteiger partial charge in [0.15, 0.2) is 13.2 Å². The van der Waals surface area contributed by atoms with E-state index < -0.39 is 140 Å². The Hall–Kier alpha value is -5.45. The molecule has 460 valence electrons. The van der Waals surface area contributed by atoms with Crippen molar-refractivity contribution in [3.63, 3.8) is 0 Å². The molecule has 1 aliphatic heterocycles. The number of aliphatic hydroxyl groups excluding tert-OH is 1. The first kappa shape index (κ1) is 73.6. The third-order valence-electron chi connectivity index (χ3n) is 11.0. The van der Waals surface area contributed by atoms with Gasteiger partial charge in [-0.05, 0) is 65.5 Å². The number of hydrogen-bond donors (Lipinski definition) is 1. The zero-order valence-electron chi connectivity index (χ0n) is 45.3. The molecule has 0 bridgehead atoms. The van der Waals surface area contributed by atoms with Crippen molar-refractivity contribution >= 4 is 74.0 Å². The Bertz CT molecular complexity index is 2300. The second-order valence-corrected chi connectivity index (χ2v) is 22.4. The summed E-state index contributed by atoms with van der Waals surface area (Å²) in [5.74, 6) is -13.7. The number of carbonyl (C=O) groups is 7. The van der Waals surface area contributed by atoms with Crippen molar-refractivity contribution in [1.82, 2.24) is 0 Å². The average Bonchev–Trinajstić information content (AvgIpc) is 3.37. The molecule has 0 amide bonds. The second kappa shape index (κ2) is 33.0. The fraction of sp³-hybridized carbons (Fsp3) is 0.635. The van der Waals surface area contributed by atoms with Crippen LogP contribution in [-0.2, 0) is 66.6 Å². The van der Waals surface area contributed by atoms with Crippen molar-refractivity contribution < 1.29 is 125 Å². The topological polar surface area (TPSA) is 223 Å². The van der Waals surface area contributed by atoms with Gasteiger partial charge in [0.25, 0.3) is 11.8 Å². The van der Waals surface area contributed by atoms with Crippen LogP contribution in [-0.4, -0.2) is 138 Å². The van der Waals surface area contributed by atoms with Crippen molar-refractivity contribution in [1.29, 1.82) is 0 Å². The van der Waals surface area contributed by atoms with Crippen molar-refractivity contribution in [2.45, 2.75) is 121 Å². The number of alkyl halides is 12. The van der Waals surface area contributed by atoms with Gasteiger partial charge in [0.05, 0.1) is 43.9 Å². The first-order valence-corrected chi connectivity index (χ1v) is 26.3. The summed E-state index contributed by atoms with van der Waals surface area (Å²) in [5.41, 5.74) is -4.36. The summed E-state index contributed by atoms with van der Waals surface area (Å²) in [7, 11) is 0. The predicted molar refractivity (Wildman–Crippen MR) is 272 cm³/mol. The number of rotatable bonds is 27. The maximum absolute atomic E-state index is 13.7. The Labute approximate surface area is 477 Å². The van der Waals surface area contributed by atoms with Gasteiger partial charge >= 0.3 is 54.5 Å². The summed E-state index contributed by atoms with van der Waals surface area (Å²) in [6, 6.07) is 18.4. The van der Waals surface area contributed by atoms with E-state index in [9.17, 15) is 82.6 Å². The molecule has 4 unspecified atom stereocenters. The Balaban J connectivity index is 0.000000739. The van der Waals surface area contributed by atoms with Crippen molar-refractivity contribution in [2.24, 2.45) is 21.7 Å². The van der Waals surface area contributed by atoms with Crippen LogP contribution in [0.4, 0.5) is 53.5 Å². The molecule has 0 aliphatic carbocycles. The zero-order chi connectivity index (χ0) is 62.1. The minimum absolute atomic E-state index is 0.0515. The monoisotopic (exact) mass is 1310 g/mol. The number of cyclic esters (lactones) is 2. The highest BCUT2D eigenvalue weighted by Gasteiger charge is 2.48. The maximum Gasteiger partial charge on any atom is 0.508 e. The average molecular weight is 1310 g/mol. The second-order valence-electron chi connectivity index (χ2n) is 20.2. The molecule has 1 N–H and O–H groups in total. The van der Waals surface area contributed by atoms with Gasteiger partial charge in [-0.2, -0.15) is 26.3 Å². The molecule has 1 aliphatic rings. The lowest BCUT2D eigenvalue weighted by Crippen LogP contribution is -2.43. The van der Waals surface area contributed by atoms with Crippen molar-refractivity contribution in [2.75, 3.05) is 66.1 Å². The molecule has 2 aromatic carbocycles. The lowest BCUT2D eigenvalue weighted by molar-refractivity contribution is -0.208. The van der Waals surface area contributed by atoms with Gasteiger partial charge in [-0.15, -0.1) is 0 Å². The number of benzene rings is 2. The van der Waals surface area contributed by atoms with E-state index in [0.717, 1.165) is 31.4 Å². The van der Waals surface area contributed by atoms with Crippen LogP contribution in [0.15, 0.2) is 60.7 Å². The van der Waals surface area contributed by atoms with Gasteiger partial charge in [-0.1, -0.05) is 92.5 Å². The number of ether oxygens (including phenoxy) is 9. The number of halogens is 12. The van der Waals surface area contributed by atoms with Crippen LogP contribution in [0.25, 0.3) is 0 Å². The van der Waals surface area contributed by atoms with Crippen LogP contribution in [0, 0.1) is 21.7 Å². The molecule has 4 atom stereocenters.